The maximum Gasteiger partial charge on any atom is 0.254 e. The Morgan fingerprint density at radius 2 is 2.12 bits per heavy atom. The fraction of sp³-hybridized carbons (Fsp3) is 0.476. The van der Waals surface area contributed by atoms with E-state index < -0.39 is 0 Å². The number of benzene rings is 1. The summed E-state index contributed by atoms with van der Waals surface area (Å²) in [4.78, 5) is 14.2. The lowest BCUT2D eigenvalue weighted by Crippen LogP contribution is -2.26. The van der Waals surface area contributed by atoms with E-state index in [1.165, 1.54) is 34.4 Å². The van der Waals surface area contributed by atoms with Crippen molar-refractivity contribution in [2.45, 2.75) is 45.6 Å². The molecule has 1 amide bonds. The second kappa shape index (κ2) is 9.19. The highest BCUT2D eigenvalue weighted by molar-refractivity contribution is 7.16. The van der Waals surface area contributed by atoms with Gasteiger partial charge in [0.25, 0.3) is 5.91 Å². The molecule has 0 radical (unpaired) electrons. The molecule has 0 atom stereocenters. The zero-order chi connectivity index (χ0) is 18.4. The Morgan fingerprint density at radius 1 is 1.27 bits per heavy atom. The molecular formula is C21H28N2O2S. The van der Waals surface area contributed by atoms with Crippen LogP contribution in [-0.4, -0.2) is 26.2 Å². The predicted octanol–water partition coefficient (Wildman–Crippen LogP) is 4.31. The highest BCUT2D eigenvalue weighted by Gasteiger charge is 2.25. The fourth-order valence-electron chi connectivity index (χ4n) is 3.44. The van der Waals surface area contributed by atoms with Gasteiger partial charge in [0.15, 0.2) is 0 Å². The minimum atomic E-state index is 0.0484. The number of carbonyl (C=O) groups excluding carboxylic acids is 1. The van der Waals surface area contributed by atoms with Gasteiger partial charge in [-0.15, -0.1) is 11.3 Å². The Balaban J connectivity index is 1.75. The Bertz CT molecular complexity index is 754. The molecule has 1 aliphatic rings. The van der Waals surface area contributed by atoms with Crippen molar-refractivity contribution in [3.63, 3.8) is 0 Å². The van der Waals surface area contributed by atoms with Crippen LogP contribution in [0.1, 0.15) is 51.2 Å². The first-order valence-electron chi connectivity index (χ1n) is 9.40. The number of thiophene rings is 1. The van der Waals surface area contributed by atoms with Crippen molar-refractivity contribution in [3.8, 4) is 0 Å². The number of aryl methyl sites for hydroxylation is 2. The summed E-state index contributed by atoms with van der Waals surface area (Å²) in [5, 5.41) is 7.61. The third-order valence-electron chi connectivity index (χ3n) is 4.74. The molecular weight excluding hydrogens is 344 g/mol. The number of nitrogens with one attached hydrogen (secondary N) is 2. The van der Waals surface area contributed by atoms with Crippen molar-refractivity contribution in [2.75, 3.05) is 25.6 Å². The molecule has 140 valence electrons. The second-order valence-electron chi connectivity index (χ2n) is 6.86. The van der Waals surface area contributed by atoms with Gasteiger partial charge in [0, 0.05) is 31.7 Å². The van der Waals surface area contributed by atoms with Crippen LogP contribution in [0.5, 0.6) is 0 Å². The van der Waals surface area contributed by atoms with Crippen LogP contribution in [0.3, 0.4) is 0 Å². The number of methoxy groups -OCH3 is 1. The molecule has 0 saturated heterocycles. The Morgan fingerprint density at radius 3 is 2.92 bits per heavy atom. The Hall–Kier alpha value is -1.85. The number of amides is 1. The maximum atomic E-state index is 12.8. The van der Waals surface area contributed by atoms with Crippen molar-refractivity contribution in [1.29, 1.82) is 0 Å². The van der Waals surface area contributed by atoms with Gasteiger partial charge in [-0.1, -0.05) is 29.8 Å². The standard InChI is InChI=1S/C21H28N2O2S/c1-15-7-5-8-16(13-15)14-23-21-19(20(24)22-11-6-12-25-2)17-9-3-4-10-18(17)26-21/h5,7-8,13,23H,3-4,6,9-12,14H2,1-2H3,(H,22,24). The van der Waals surface area contributed by atoms with Crippen molar-refractivity contribution < 1.29 is 9.53 Å². The molecule has 1 aliphatic carbocycles. The van der Waals surface area contributed by atoms with Crippen LogP contribution in [0.4, 0.5) is 5.00 Å². The number of carbonyl (C=O) groups is 1. The Labute approximate surface area is 160 Å². The molecule has 5 heteroatoms. The van der Waals surface area contributed by atoms with Gasteiger partial charge in [-0.2, -0.15) is 0 Å². The van der Waals surface area contributed by atoms with Crippen LogP contribution in [0.15, 0.2) is 24.3 Å². The molecule has 0 bridgehead atoms. The summed E-state index contributed by atoms with van der Waals surface area (Å²) < 4.78 is 5.06. The molecule has 0 unspecified atom stereocenters. The van der Waals surface area contributed by atoms with Crippen molar-refractivity contribution in [3.05, 3.63) is 51.4 Å². The number of ether oxygens (including phenoxy) is 1. The smallest absolute Gasteiger partial charge is 0.254 e. The quantitative estimate of drug-likeness (QED) is 0.679. The van der Waals surface area contributed by atoms with Gasteiger partial charge in [0.05, 0.1) is 5.56 Å². The summed E-state index contributed by atoms with van der Waals surface area (Å²) in [7, 11) is 1.68. The number of rotatable bonds is 8. The number of hydrogen-bond donors (Lipinski definition) is 2. The van der Waals surface area contributed by atoms with E-state index in [2.05, 4.69) is 41.8 Å². The summed E-state index contributed by atoms with van der Waals surface area (Å²) in [6.45, 7) is 4.16. The summed E-state index contributed by atoms with van der Waals surface area (Å²) in [5.74, 6) is 0.0484. The number of hydrogen-bond acceptors (Lipinski definition) is 4. The van der Waals surface area contributed by atoms with E-state index in [1.54, 1.807) is 18.4 Å². The van der Waals surface area contributed by atoms with E-state index in [9.17, 15) is 4.79 Å². The molecule has 0 saturated carbocycles. The van der Waals surface area contributed by atoms with E-state index in [1.807, 2.05) is 0 Å². The first-order chi connectivity index (χ1) is 12.7. The van der Waals surface area contributed by atoms with Gasteiger partial charge in [-0.3, -0.25) is 4.79 Å². The SMILES string of the molecule is COCCCNC(=O)c1c(NCc2cccc(C)c2)sc2c1CCCC2. The molecule has 3 rings (SSSR count). The zero-order valence-corrected chi connectivity index (χ0v) is 16.5. The molecule has 1 heterocycles. The minimum Gasteiger partial charge on any atom is -0.385 e. The molecule has 2 aromatic rings. The molecule has 2 N–H and O–H groups in total. The lowest BCUT2D eigenvalue weighted by Gasteiger charge is -2.13. The van der Waals surface area contributed by atoms with Gasteiger partial charge in [0.2, 0.25) is 0 Å². The third kappa shape index (κ3) is 4.65. The monoisotopic (exact) mass is 372 g/mol. The van der Waals surface area contributed by atoms with Crippen LogP contribution in [0, 0.1) is 6.92 Å². The predicted molar refractivity (Wildman–Crippen MR) is 108 cm³/mol. The van der Waals surface area contributed by atoms with Gasteiger partial charge in [0.1, 0.15) is 5.00 Å². The number of anilines is 1. The average Bonchev–Trinajstić information content (AvgIpc) is 3.02. The maximum absolute atomic E-state index is 12.8. The lowest BCUT2D eigenvalue weighted by molar-refractivity contribution is 0.0948. The summed E-state index contributed by atoms with van der Waals surface area (Å²) in [6, 6.07) is 8.49. The fourth-order valence-corrected chi connectivity index (χ4v) is 4.72. The molecule has 4 nitrogen and oxygen atoms in total. The summed E-state index contributed by atoms with van der Waals surface area (Å²) in [5.41, 5.74) is 4.63. The lowest BCUT2D eigenvalue weighted by atomic mass is 9.95. The molecule has 0 aliphatic heterocycles. The number of fused-ring (bicyclic) bond motifs is 1. The van der Waals surface area contributed by atoms with E-state index >= 15 is 0 Å². The van der Waals surface area contributed by atoms with Crippen LogP contribution in [0.2, 0.25) is 0 Å². The zero-order valence-electron chi connectivity index (χ0n) is 15.7. The highest BCUT2D eigenvalue weighted by atomic mass is 32.1. The highest BCUT2D eigenvalue weighted by Crippen LogP contribution is 2.38. The van der Waals surface area contributed by atoms with Crippen LogP contribution in [0.25, 0.3) is 0 Å². The average molecular weight is 373 g/mol. The van der Waals surface area contributed by atoms with Gasteiger partial charge in [-0.05, 0) is 50.2 Å². The van der Waals surface area contributed by atoms with E-state index in [-0.39, 0.29) is 5.91 Å². The van der Waals surface area contributed by atoms with Gasteiger partial charge >= 0.3 is 0 Å². The normalized spacial score (nSPS) is 13.3. The largest absolute Gasteiger partial charge is 0.385 e. The molecule has 1 aromatic carbocycles. The molecule has 0 spiro atoms. The minimum absolute atomic E-state index is 0.0484. The molecule has 0 fully saturated rings. The van der Waals surface area contributed by atoms with Crippen LogP contribution in [-0.2, 0) is 24.1 Å². The first kappa shape index (κ1) is 18.9. The van der Waals surface area contributed by atoms with Crippen LogP contribution >= 0.6 is 11.3 Å². The van der Waals surface area contributed by atoms with E-state index in [0.29, 0.717) is 13.2 Å². The molecule has 26 heavy (non-hydrogen) atoms. The third-order valence-corrected chi connectivity index (χ3v) is 5.99. The summed E-state index contributed by atoms with van der Waals surface area (Å²) >= 11 is 1.76. The Kier molecular flexibility index (Phi) is 6.69. The summed E-state index contributed by atoms with van der Waals surface area (Å²) in [6.07, 6.45) is 5.33. The topological polar surface area (TPSA) is 50.4 Å². The second-order valence-corrected chi connectivity index (χ2v) is 7.97. The van der Waals surface area contributed by atoms with Gasteiger partial charge < -0.3 is 15.4 Å². The first-order valence-corrected chi connectivity index (χ1v) is 10.2. The van der Waals surface area contributed by atoms with E-state index in [0.717, 1.165) is 36.4 Å². The van der Waals surface area contributed by atoms with Crippen molar-refractivity contribution in [1.82, 2.24) is 5.32 Å². The van der Waals surface area contributed by atoms with E-state index in [4.69, 9.17) is 4.74 Å². The molecule has 1 aromatic heterocycles. The van der Waals surface area contributed by atoms with Crippen molar-refractivity contribution in [2.24, 2.45) is 0 Å². The van der Waals surface area contributed by atoms with Crippen molar-refractivity contribution >= 4 is 22.2 Å². The van der Waals surface area contributed by atoms with Crippen LogP contribution < -0.4 is 10.6 Å². The van der Waals surface area contributed by atoms with Gasteiger partial charge in [-0.25, -0.2) is 0 Å².